The van der Waals surface area contributed by atoms with E-state index in [1.54, 1.807) is 23.6 Å². The summed E-state index contributed by atoms with van der Waals surface area (Å²) in [6.45, 7) is 4.62. The van der Waals surface area contributed by atoms with Crippen LogP contribution in [0.3, 0.4) is 0 Å². The fraction of sp³-hybridized carbons (Fsp3) is 0.233. The fourth-order valence-corrected chi connectivity index (χ4v) is 5.85. The lowest BCUT2D eigenvalue weighted by atomic mass is 9.96. The van der Waals surface area contributed by atoms with Crippen molar-refractivity contribution in [2.24, 2.45) is 4.99 Å². The van der Waals surface area contributed by atoms with Crippen molar-refractivity contribution in [2.75, 3.05) is 26.9 Å². The quantitative estimate of drug-likeness (QED) is 0.231. The van der Waals surface area contributed by atoms with Gasteiger partial charge in [0.05, 0.1) is 35.1 Å². The molecular formula is C30H27ClN2O5S. The zero-order valence-electron chi connectivity index (χ0n) is 21.8. The van der Waals surface area contributed by atoms with E-state index in [-0.39, 0.29) is 18.8 Å². The predicted molar refractivity (Wildman–Crippen MR) is 153 cm³/mol. The SMILES string of the molecule is CCOc1ccc(C=c2sc3n(c2=O)C(c2ccc(Cl)cc2)C(C(=O)OCCOC)=C(C)N=3)c2ccccc12. The van der Waals surface area contributed by atoms with Gasteiger partial charge in [-0.2, -0.15) is 0 Å². The number of carbonyl (C=O) groups is 1. The molecule has 1 aliphatic heterocycles. The van der Waals surface area contributed by atoms with Crippen LogP contribution < -0.4 is 19.6 Å². The van der Waals surface area contributed by atoms with Crippen LogP contribution in [0.4, 0.5) is 0 Å². The molecule has 200 valence electrons. The Labute approximate surface area is 234 Å². The Morgan fingerprint density at radius 2 is 1.82 bits per heavy atom. The first-order chi connectivity index (χ1) is 18.9. The number of rotatable bonds is 8. The van der Waals surface area contributed by atoms with Gasteiger partial charge in [-0.25, -0.2) is 9.79 Å². The standard InChI is InChI=1S/C30H27ClN2O5S/c1-4-37-24-14-11-20(22-7-5-6-8-23(22)24)17-25-28(34)33-27(19-9-12-21(31)13-10-19)26(18(2)32-30(33)39-25)29(35)38-16-15-36-3/h5-14,17,27H,4,15-16H2,1-3H3. The van der Waals surface area contributed by atoms with Crippen LogP contribution in [-0.2, 0) is 14.3 Å². The lowest BCUT2D eigenvalue weighted by Crippen LogP contribution is -2.40. The van der Waals surface area contributed by atoms with Crippen molar-refractivity contribution in [2.45, 2.75) is 19.9 Å². The van der Waals surface area contributed by atoms with Crippen molar-refractivity contribution >= 4 is 45.8 Å². The van der Waals surface area contributed by atoms with E-state index in [9.17, 15) is 9.59 Å². The van der Waals surface area contributed by atoms with Crippen LogP contribution in [0.15, 0.2) is 81.7 Å². The second kappa shape index (κ2) is 11.6. The molecule has 0 spiro atoms. The normalized spacial score (nSPS) is 15.3. The Kier molecular flexibility index (Phi) is 7.97. The van der Waals surface area contributed by atoms with Gasteiger partial charge < -0.3 is 14.2 Å². The van der Waals surface area contributed by atoms with Crippen LogP contribution >= 0.6 is 22.9 Å². The molecule has 5 rings (SSSR count). The Morgan fingerprint density at radius 3 is 2.54 bits per heavy atom. The van der Waals surface area contributed by atoms with Gasteiger partial charge in [-0.05, 0) is 54.6 Å². The molecule has 0 radical (unpaired) electrons. The van der Waals surface area contributed by atoms with Gasteiger partial charge in [0.2, 0.25) is 0 Å². The highest BCUT2D eigenvalue weighted by molar-refractivity contribution is 7.07. The number of hydrogen-bond acceptors (Lipinski definition) is 7. The van der Waals surface area contributed by atoms with Crippen LogP contribution in [0.25, 0.3) is 16.8 Å². The molecule has 0 fully saturated rings. The molecule has 1 aromatic heterocycles. The van der Waals surface area contributed by atoms with E-state index in [1.165, 1.54) is 18.4 Å². The summed E-state index contributed by atoms with van der Waals surface area (Å²) < 4.78 is 18.4. The number of methoxy groups -OCH3 is 1. The first kappa shape index (κ1) is 26.9. The van der Waals surface area contributed by atoms with Crippen molar-refractivity contribution in [3.63, 3.8) is 0 Å². The molecule has 3 aromatic carbocycles. The topological polar surface area (TPSA) is 79.1 Å². The summed E-state index contributed by atoms with van der Waals surface area (Å²) in [4.78, 5) is 32.3. The summed E-state index contributed by atoms with van der Waals surface area (Å²) in [6, 6.07) is 18.2. The van der Waals surface area contributed by atoms with E-state index in [0.29, 0.717) is 32.2 Å². The maximum Gasteiger partial charge on any atom is 0.338 e. The molecule has 0 amide bonds. The molecule has 2 heterocycles. The minimum atomic E-state index is -0.715. The summed E-state index contributed by atoms with van der Waals surface area (Å²) in [6.07, 6.45) is 1.87. The maximum absolute atomic E-state index is 13.9. The first-order valence-electron chi connectivity index (χ1n) is 12.5. The Balaban J connectivity index is 1.68. The van der Waals surface area contributed by atoms with Gasteiger partial charge in [-0.15, -0.1) is 0 Å². The summed E-state index contributed by atoms with van der Waals surface area (Å²) in [5.74, 6) is 0.252. The van der Waals surface area contributed by atoms with E-state index in [1.807, 2.05) is 61.5 Å². The second-order valence-corrected chi connectivity index (χ2v) is 10.3. The number of esters is 1. The molecule has 7 nitrogen and oxygen atoms in total. The van der Waals surface area contributed by atoms with Crippen LogP contribution in [0.5, 0.6) is 5.75 Å². The van der Waals surface area contributed by atoms with Gasteiger partial charge in [-0.3, -0.25) is 9.36 Å². The number of fused-ring (bicyclic) bond motifs is 2. The highest BCUT2D eigenvalue weighted by Gasteiger charge is 2.33. The molecule has 39 heavy (non-hydrogen) atoms. The number of carbonyl (C=O) groups excluding carboxylic acids is 1. The van der Waals surface area contributed by atoms with Crippen LogP contribution in [0, 0.1) is 0 Å². The highest BCUT2D eigenvalue weighted by atomic mass is 35.5. The summed E-state index contributed by atoms with van der Waals surface area (Å²) >= 11 is 7.44. The van der Waals surface area contributed by atoms with Crippen LogP contribution in [0.1, 0.15) is 31.0 Å². The smallest absolute Gasteiger partial charge is 0.338 e. The molecule has 1 unspecified atom stereocenters. The van der Waals surface area contributed by atoms with E-state index >= 15 is 0 Å². The number of aromatic nitrogens is 1. The number of hydrogen-bond donors (Lipinski definition) is 0. The number of halogens is 1. The number of nitrogens with zero attached hydrogens (tertiary/aromatic N) is 2. The third-order valence-corrected chi connectivity index (χ3v) is 7.69. The fourth-order valence-electron chi connectivity index (χ4n) is 4.68. The Hall–Kier alpha value is -3.72. The zero-order valence-corrected chi connectivity index (χ0v) is 23.3. The molecule has 1 atom stereocenters. The molecule has 0 N–H and O–H groups in total. The van der Waals surface area contributed by atoms with Crippen LogP contribution in [-0.4, -0.2) is 37.5 Å². The van der Waals surface area contributed by atoms with Gasteiger partial charge >= 0.3 is 5.97 Å². The minimum Gasteiger partial charge on any atom is -0.493 e. The zero-order chi connectivity index (χ0) is 27.5. The van der Waals surface area contributed by atoms with Crippen molar-refractivity contribution in [3.8, 4) is 5.75 Å². The number of benzene rings is 3. The van der Waals surface area contributed by atoms with Crippen molar-refractivity contribution in [1.29, 1.82) is 0 Å². The van der Waals surface area contributed by atoms with E-state index < -0.39 is 12.0 Å². The van der Waals surface area contributed by atoms with Gasteiger partial charge in [0, 0.05) is 17.5 Å². The molecule has 0 saturated heterocycles. The average Bonchev–Trinajstić information content (AvgIpc) is 3.24. The summed E-state index contributed by atoms with van der Waals surface area (Å²) in [5.41, 5.74) is 2.17. The molecule has 0 bridgehead atoms. The Morgan fingerprint density at radius 1 is 1.08 bits per heavy atom. The summed E-state index contributed by atoms with van der Waals surface area (Å²) in [7, 11) is 1.54. The van der Waals surface area contributed by atoms with Crippen molar-refractivity contribution < 1.29 is 19.0 Å². The minimum absolute atomic E-state index is 0.0920. The number of thiazole rings is 1. The molecule has 0 saturated carbocycles. The van der Waals surface area contributed by atoms with E-state index in [2.05, 4.69) is 4.99 Å². The van der Waals surface area contributed by atoms with E-state index in [0.717, 1.165) is 27.6 Å². The molecule has 9 heteroatoms. The molecule has 4 aromatic rings. The third kappa shape index (κ3) is 5.28. The molecular weight excluding hydrogens is 536 g/mol. The maximum atomic E-state index is 13.9. The van der Waals surface area contributed by atoms with Crippen LogP contribution in [0.2, 0.25) is 5.02 Å². The number of ether oxygens (including phenoxy) is 3. The Bertz CT molecular complexity index is 1750. The molecule has 0 aliphatic carbocycles. The monoisotopic (exact) mass is 562 g/mol. The lowest BCUT2D eigenvalue weighted by Gasteiger charge is -2.24. The van der Waals surface area contributed by atoms with Crippen molar-refractivity contribution in [3.05, 3.63) is 108 Å². The first-order valence-corrected chi connectivity index (χ1v) is 13.7. The van der Waals surface area contributed by atoms with Gasteiger partial charge in [-0.1, -0.05) is 65.4 Å². The largest absolute Gasteiger partial charge is 0.493 e. The van der Waals surface area contributed by atoms with Gasteiger partial charge in [0.1, 0.15) is 12.4 Å². The lowest BCUT2D eigenvalue weighted by molar-refractivity contribution is -0.140. The summed E-state index contributed by atoms with van der Waals surface area (Å²) in [5, 5.41) is 2.50. The molecule has 1 aliphatic rings. The number of allylic oxidation sites excluding steroid dienone is 1. The third-order valence-electron chi connectivity index (χ3n) is 6.45. The van der Waals surface area contributed by atoms with Gasteiger partial charge in [0.25, 0.3) is 5.56 Å². The average molecular weight is 563 g/mol. The van der Waals surface area contributed by atoms with Crippen molar-refractivity contribution in [1.82, 2.24) is 4.57 Å². The predicted octanol–water partition coefficient (Wildman–Crippen LogP) is 4.63. The second-order valence-electron chi connectivity index (χ2n) is 8.89. The highest BCUT2D eigenvalue weighted by Crippen LogP contribution is 2.32. The van der Waals surface area contributed by atoms with Gasteiger partial charge in [0.15, 0.2) is 4.80 Å². The van der Waals surface area contributed by atoms with E-state index in [4.69, 9.17) is 25.8 Å².